The highest BCUT2D eigenvalue weighted by Crippen LogP contribution is 2.40. The average molecular weight is 406 g/mol. The van der Waals surface area contributed by atoms with Crippen LogP contribution in [-0.2, 0) is 0 Å². The van der Waals surface area contributed by atoms with Gasteiger partial charge < -0.3 is 10.8 Å². The summed E-state index contributed by atoms with van der Waals surface area (Å²) in [6.45, 7) is 2.65. The van der Waals surface area contributed by atoms with Gasteiger partial charge in [0.25, 0.3) is 0 Å². The first-order valence-electron chi connectivity index (χ1n) is 12.3. The molecule has 0 radical (unpaired) electrons. The molecule has 4 rings (SSSR count). The van der Waals surface area contributed by atoms with Crippen LogP contribution in [-0.4, -0.2) is 11.7 Å². The van der Waals surface area contributed by atoms with E-state index in [4.69, 9.17) is 5.73 Å². The van der Waals surface area contributed by atoms with Gasteiger partial charge in [0.2, 0.25) is 0 Å². The Morgan fingerprint density at radius 1 is 0.767 bits per heavy atom. The predicted molar refractivity (Wildman–Crippen MR) is 128 cm³/mol. The molecule has 0 amide bonds. The maximum atomic E-state index is 9.37. The average Bonchev–Trinajstić information content (AvgIpc) is 2.80. The lowest BCUT2D eigenvalue weighted by Gasteiger charge is -2.29. The molecule has 3 N–H and O–H groups in total. The minimum absolute atomic E-state index is 0.337. The van der Waals surface area contributed by atoms with Crippen molar-refractivity contribution in [2.45, 2.75) is 83.0 Å². The van der Waals surface area contributed by atoms with Crippen molar-refractivity contribution in [2.75, 3.05) is 12.3 Å². The summed E-state index contributed by atoms with van der Waals surface area (Å²) in [7, 11) is 0. The SMILES string of the molecule is CCCC1CCC(c2ccc(-c3ccc(C4CCC(CO)CC4)cc3N)cc2)CC1. The molecule has 0 saturated heterocycles. The van der Waals surface area contributed by atoms with Gasteiger partial charge in [0, 0.05) is 17.9 Å². The van der Waals surface area contributed by atoms with Gasteiger partial charge in [-0.2, -0.15) is 0 Å². The second-order valence-corrected chi connectivity index (χ2v) is 9.88. The van der Waals surface area contributed by atoms with Crippen LogP contribution in [0.2, 0.25) is 0 Å². The van der Waals surface area contributed by atoms with Crippen LogP contribution in [0.1, 0.15) is 94.1 Å². The predicted octanol–water partition coefficient (Wildman–Crippen LogP) is 7.28. The number of rotatable bonds is 6. The quantitative estimate of drug-likeness (QED) is 0.496. The van der Waals surface area contributed by atoms with Crippen molar-refractivity contribution < 1.29 is 5.11 Å². The number of nitrogens with two attached hydrogens (primary N) is 1. The van der Waals surface area contributed by atoms with E-state index in [0.29, 0.717) is 18.4 Å². The van der Waals surface area contributed by atoms with Crippen molar-refractivity contribution in [2.24, 2.45) is 11.8 Å². The summed E-state index contributed by atoms with van der Waals surface area (Å²) >= 11 is 0. The van der Waals surface area contributed by atoms with Crippen molar-refractivity contribution in [3.8, 4) is 11.1 Å². The number of anilines is 1. The topological polar surface area (TPSA) is 46.2 Å². The molecule has 0 aliphatic heterocycles. The molecule has 0 atom stereocenters. The van der Waals surface area contributed by atoms with Crippen molar-refractivity contribution in [1.82, 2.24) is 0 Å². The Balaban J connectivity index is 1.41. The molecule has 2 heteroatoms. The largest absolute Gasteiger partial charge is 0.398 e. The molecule has 2 aromatic rings. The third-order valence-electron chi connectivity index (χ3n) is 7.89. The maximum absolute atomic E-state index is 9.37. The summed E-state index contributed by atoms with van der Waals surface area (Å²) in [5.41, 5.74) is 12.6. The Morgan fingerprint density at radius 3 is 1.90 bits per heavy atom. The zero-order valence-corrected chi connectivity index (χ0v) is 18.7. The van der Waals surface area contributed by atoms with Crippen LogP contribution < -0.4 is 5.73 Å². The van der Waals surface area contributed by atoms with E-state index in [9.17, 15) is 5.11 Å². The Bertz CT molecular complexity index is 796. The van der Waals surface area contributed by atoms with Gasteiger partial charge in [-0.15, -0.1) is 0 Å². The molecular formula is C28H39NO. The smallest absolute Gasteiger partial charge is 0.0459 e. The van der Waals surface area contributed by atoms with E-state index in [2.05, 4.69) is 49.4 Å². The Labute approximate surface area is 182 Å². The minimum Gasteiger partial charge on any atom is -0.398 e. The van der Waals surface area contributed by atoms with E-state index >= 15 is 0 Å². The van der Waals surface area contributed by atoms with Gasteiger partial charge in [-0.3, -0.25) is 0 Å². The molecule has 2 aromatic carbocycles. The standard InChI is InChI=1S/C28H39NO/c1-2-3-20-4-8-22(9-5-20)23-12-14-25(15-13-23)27-17-16-26(18-28(27)29)24-10-6-21(19-30)7-11-24/h12-18,20-22,24,30H,2-11,19,29H2,1H3. The highest BCUT2D eigenvalue weighted by molar-refractivity contribution is 5.77. The summed E-state index contributed by atoms with van der Waals surface area (Å²) in [5.74, 6) is 2.79. The van der Waals surface area contributed by atoms with E-state index in [1.807, 2.05) is 0 Å². The zero-order chi connectivity index (χ0) is 20.9. The molecule has 2 aliphatic rings. The van der Waals surface area contributed by atoms with Crippen LogP contribution in [0.5, 0.6) is 0 Å². The number of hydrogen-bond donors (Lipinski definition) is 2. The molecule has 0 heterocycles. The van der Waals surface area contributed by atoms with Crippen LogP contribution in [0.25, 0.3) is 11.1 Å². The van der Waals surface area contributed by atoms with E-state index in [-0.39, 0.29) is 0 Å². The highest BCUT2D eigenvalue weighted by atomic mass is 16.3. The van der Waals surface area contributed by atoms with Gasteiger partial charge in [-0.1, -0.05) is 56.2 Å². The lowest BCUT2D eigenvalue weighted by Crippen LogP contribution is -2.16. The molecule has 0 unspecified atom stereocenters. The van der Waals surface area contributed by atoms with Crippen molar-refractivity contribution >= 4 is 5.69 Å². The number of benzene rings is 2. The fourth-order valence-electron chi connectivity index (χ4n) is 5.90. The Morgan fingerprint density at radius 2 is 1.33 bits per heavy atom. The Kier molecular flexibility index (Phi) is 7.15. The fraction of sp³-hybridized carbons (Fsp3) is 0.571. The Hall–Kier alpha value is -1.80. The van der Waals surface area contributed by atoms with Gasteiger partial charge >= 0.3 is 0 Å². The van der Waals surface area contributed by atoms with E-state index in [0.717, 1.165) is 35.9 Å². The molecule has 0 bridgehead atoms. The number of hydrogen-bond acceptors (Lipinski definition) is 2. The van der Waals surface area contributed by atoms with Crippen molar-refractivity contribution in [1.29, 1.82) is 0 Å². The molecule has 30 heavy (non-hydrogen) atoms. The van der Waals surface area contributed by atoms with Gasteiger partial charge in [-0.25, -0.2) is 0 Å². The van der Waals surface area contributed by atoms with Crippen LogP contribution in [0, 0.1) is 11.8 Å². The molecule has 0 spiro atoms. The highest BCUT2D eigenvalue weighted by Gasteiger charge is 2.23. The van der Waals surface area contributed by atoms with Crippen LogP contribution in [0.3, 0.4) is 0 Å². The second kappa shape index (κ2) is 10.0. The first-order chi connectivity index (χ1) is 14.7. The summed E-state index contributed by atoms with van der Waals surface area (Å²) in [4.78, 5) is 0. The zero-order valence-electron chi connectivity index (χ0n) is 18.7. The summed E-state index contributed by atoms with van der Waals surface area (Å²) in [6, 6.07) is 15.9. The summed E-state index contributed by atoms with van der Waals surface area (Å²) in [6.07, 6.45) is 12.8. The molecule has 2 aliphatic carbocycles. The number of aliphatic hydroxyl groups excluding tert-OH is 1. The normalized spacial score (nSPS) is 27.1. The molecular weight excluding hydrogens is 366 g/mol. The lowest BCUT2D eigenvalue weighted by atomic mass is 9.77. The molecule has 162 valence electrons. The van der Waals surface area contributed by atoms with Crippen LogP contribution in [0.4, 0.5) is 5.69 Å². The molecule has 0 aromatic heterocycles. The van der Waals surface area contributed by atoms with Crippen molar-refractivity contribution in [3.05, 3.63) is 53.6 Å². The lowest BCUT2D eigenvalue weighted by molar-refractivity contribution is 0.182. The van der Waals surface area contributed by atoms with Gasteiger partial charge in [0.15, 0.2) is 0 Å². The minimum atomic E-state index is 0.337. The molecule has 2 saturated carbocycles. The third kappa shape index (κ3) is 4.91. The molecule has 2 nitrogen and oxygen atoms in total. The number of aliphatic hydroxyl groups is 1. The van der Waals surface area contributed by atoms with Crippen LogP contribution in [0.15, 0.2) is 42.5 Å². The van der Waals surface area contributed by atoms with Crippen LogP contribution >= 0.6 is 0 Å². The second-order valence-electron chi connectivity index (χ2n) is 9.88. The van der Waals surface area contributed by atoms with Gasteiger partial charge in [0.1, 0.15) is 0 Å². The van der Waals surface area contributed by atoms with E-state index in [1.54, 1.807) is 0 Å². The van der Waals surface area contributed by atoms with E-state index in [1.165, 1.54) is 68.1 Å². The first kappa shape index (κ1) is 21.4. The van der Waals surface area contributed by atoms with Crippen molar-refractivity contribution in [3.63, 3.8) is 0 Å². The van der Waals surface area contributed by atoms with E-state index < -0.39 is 0 Å². The van der Waals surface area contributed by atoms with Gasteiger partial charge in [-0.05, 0) is 97.8 Å². The number of nitrogen functional groups attached to an aromatic ring is 1. The monoisotopic (exact) mass is 405 g/mol. The summed E-state index contributed by atoms with van der Waals surface area (Å²) < 4.78 is 0. The fourth-order valence-corrected chi connectivity index (χ4v) is 5.90. The maximum Gasteiger partial charge on any atom is 0.0459 e. The molecule has 2 fully saturated rings. The summed E-state index contributed by atoms with van der Waals surface area (Å²) in [5, 5.41) is 9.37. The third-order valence-corrected chi connectivity index (χ3v) is 7.89. The first-order valence-corrected chi connectivity index (χ1v) is 12.3. The van der Waals surface area contributed by atoms with Gasteiger partial charge in [0.05, 0.1) is 0 Å².